The fraction of sp³-hybridized carbons (Fsp3) is 0.176. The lowest BCUT2D eigenvalue weighted by Gasteiger charge is -2.23. The fourth-order valence-electron chi connectivity index (χ4n) is 3.00. The molecule has 0 radical (unpaired) electrons. The lowest BCUT2D eigenvalue weighted by Crippen LogP contribution is -2.33. The Balaban J connectivity index is 1.67. The van der Waals surface area contributed by atoms with Gasteiger partial charge in [-0.25, -0.2) is 18.5 Å². The van der Waals surface area contributed by atoms with Gasteiger partial charge in [-0.1, -0.05) is 12.1 Å². The van der Waals surface area contributed by atoms with Crippen molar-refractivity contribution in [2.75, 3.05) is 10.7 Å². The summed E-state index contributed by atoms with van der Waals surface area (Å²) in [7, 11) is 0. The van der Waals surface area contributed by atoms with Gasteiger partial charge < -0.3 is 0 Å². The lowest BCUT2D eigenvalue weighted by atomic mass is 10.2. The van der Waals surface area contributed by atoms with Crippen LogP contribution in [0.15, 0.2) is 48.5 Å². The molecule has 0 unspecified atom stereocenters. The summed E-state index contributed by atoms with van der Waals surface area (Å²) < 4.78 is 26.2. The molecule has 2 aliphatic heterocycles. The Morgan fingerprint density at radius 3 is 2.12 bits per heavy atom. The molecule has 0 aliphatic carbocycles. The molecule has 2 aromatic rings. The Bertz CT molecular complexity index is 810. The summed E-state index contributed by atoms with van der Waals surface area (Å²) >= 11 is 1.48. The molecule has 2 aliphatic rings. The Morgan fingerprint density at radius 2 is 1.50 bits per heavy atom. The zero-order valence-electron chi connectivity index (χ0n) is 12.4. The second-order valence-corrected chi connectivity index (χ2v) is 6.71. The first kappa shape index (κ1) is 15.1. The van der Waals surface area contributed by atoms with E-state index in [1.165, 1.54) is 53.1 Å². The summed E-state index contributed by atoms with van der Waals surface area (Å²) in [5.74, 6) is -0.624. The zero-order chi connectivity index (χ0) is 16.8. The van der Waals surface area contributed by atoms with Crippen LogP contribution < -0.4 is 4.90 Å². The molecule has 4 rings (SSSR count). The minimum absolute atomic E-state index is 0.316. The molecule has 7 heteroatoms. The maximum Gasteiger partial charge on any atom is 0.333 e. The minimum atomic E-state index is -0.553. The van der Waals surface area contributed by atoms with Crippen LogP contribution in [0.4, 0.5) is 19.3 Å². The quantitative estimate of drug-likeness (QED) is 0.781. The maximum atomic E-state index is 13.1. The molecule has 2 atom stereocenters. The second-order valence-electron chi connectivity index (χ2n) is 5.59. The van der Waals surface area contributed by atoms with Gasteiger partial charge in [0.05, 0.1) is 5.69 Å². The number of imide groups is 1. The SMILES string of the molecule is O=C1[C@H]2CS[C@@H](c3ccc(F)cc3)N2C(=O)N1c1ccc(F)cc1. The molecule has 0 bridgehead atoms. The van der Waals surface area contributed by atoms with Crippen molar-refractivity contribution in [2.45, 2.75) is 11.4 Å². The Morgan fingerprint density at radius 1 is 0.917 bits per heavy atom. The summed E-state index contributed by atoms with van der Waals surface area (Å²) in [5, 5.41) is -0.336. The number of anilines is 1. The maximum absolute atomic E-state index is 13.1. The third-order valence-corrected chi connectivity index (χ3v) is 5.48. The second kappa shape index (κ2) is 5.59. The van der Waals surface area contributed by atoms with Crippen LogP contribution in [0.3, 0.4) is 0 Å². The first-order chi connectivity index (χ1) is 11.6. The molecule has 2 heterocycles. The number of rotatable bonds is 2. The number of fused-ring (bicyclic) bond motifs is 1. The number of halogens is 2. The lowest BCUT2D eigenvalue weighted by molar-refractivity contribution is -0.119. The molecule has 0 saturated carbocycles. The van der Waals surface area contributed by atoms with Gasteiger partial charge in [-0.3, -0.25) is 9.69 Å². The van der Waals surface area contributed by atoms with Crippen molar-refractivity contribution in [1.82, 2.24) is 4.90 Å². The van der Waals surface area contributed by atoms with Crippen molar-refractivity contribution >= 4 is 29.4 Å². The molecule has 2 aromatic carbocycles. The van der Waals surface area contributed by atoms with Gasteiger partial charge in [0.1, 0.15) is 23.1 Å². The number of carbonyl (C=O) groups is 2. The van der Waals surface area contributed by atoms with Crippen LogP contribution in [0.5, 0.6) is 0 Å². The van der Waals surface area contributed by atoms with E-state index in [0.29, 0.717) is 11.4 Å². The van der Waals surface area contributed by atoms with Crippen LogP contribution in [-0.4, -0.2) is 28.6 Å². The van der Waals surface area contributed by atoms with Crippen molar-refractivity contribution in [2.24, 2.45) is 0 Å². The molecule has 0 N–H and O–H groups in total. The highest BCUT2D eigenvalue weighted by atomic mass is 32.2. The van der Waals surface area contributed by atoms with E-state index in [0.717, 1.165) is 10.5 Å². The highest BCUT2D eigenvalue weighted by molar-refractivity contribution is 7.99. The van der Waals surface area contributed by atoms with Gasteiger partial charge in [-0.05, 0) is 42.0 Å². The number of hydrogen-bond donors (Lipinski definition) is 0. The number of amides is 3. The molecule has 122 valence electrons. The van der Waals surface area contributed by atoms with Crippen LogP contribution >= 0.6 is 11.8 Å². The largest absolute Gasteiger partial charge is 0.333 e. The highest BCUT2D eigenvalue weighted by Gasteiger charge is 2.53. The molecule has 4 nitrogen and oxygen atoms in total. The van der Waals surface area contributed by atoms with E-state index < -0.39 is 17.9 Å². The van der Waals surface area contributed by atoms with E-state index in [4.69, 9.17) is 0 Å². The molecule has 2 fully saturated rings. The Hall–Kier alpha value is -2.41. The monoisotopic (exact) mass is 346 g/mol. The summed E-state index contributed by atoms with van der Waals surface area (Å²) in [6, 6.07) is 10.2. The Kier molecular flexibility index (Phi) is 3.53. The van der Waals surface area contributed by atoms with E-state index >= 15 is 0 Å². The van der Waals surface area contributed by atoms with Crippen LogP contribution in [0.2, 0.25) is 0 Å². The van der Waals surface area contributed by atoms with Gasteiger partial charge in [-0.15, -0.1) is 11.8 Å². The topological polar surface area (TPSA) is 40.6 Å². The molecule has 0 spiro atoms. The summed E-state index contributed by atoms with van der Waals surface area (Å²) in [5.41, 5.74) is 1.12. The first-order valence-electron chi connectivity index (χ1n) is 7.35. The van der Waals surface area contributed by atoms with Gasteiger partial charge in [0.2, 0.25) is 0 Å². The smallest absolute Gasteiger partial charge is 0.295 e. The average molecular weight is 346 g/mol. The van der Waals surface area contributed by atoms with Crippen LogP contribution in [0.1, 0.15) is 10.9 Å². The van der Waals surface area contributed by atoms with E-state index in [1.54, 1.807) is 12.1 Å². The van der Waals surface area contributed by atoms with Crippen LogP contribution in [0, 0.1) is 11.6 Å². The van der Waals surface area contributed by atoms with Crippen molar-refractivity contribution in [3.8, 4) is 0 Å². The van der Waals surface area contributed by atoms with Crippen LogP contribution in [-0.2, 0) is 4.79 Å². The average Bonchev–Trinajstić information content (AvgIpc) is 3.11. The summed E-state index contributed by atoms with van der Waals surface area (Å²) in [6.45, 7) is 0. The number of urea groups is 1. The number of carbonyl (C=O) groups excluding carboxylic acids is 2. The number of thioether (sulfide) groups is 1. The molecule has 0 aromatic heterocycles. The summed E-state index contributed by atoms with van der Waals surface area (Å²) in [4.78, 5) is 28.0. The van der Waals surface area contributed by atoms with E-state index in [1.807, 2.05) is 0 Å². The third-order valence-electron chi connectivity index (χ3n) is 4.16. The van der Waals surface area contributed by atoms with Gasteiger partial charge in [0.15, 0.2) is 0 Å². The zero-order valence-corrected chi connectivity index (χ0v) is 13.2. The van der Waals surface area contributed by atoms with Crippen molar-refractivity contribution < 1.29 is 18.4 Å². The third kappa shape index (κ3) is 2.27. The number of nitrogens with zero attached hydrogens (tertiary/aromatic N) is 2. The normalized spacial score (nSPS) is 23.1. The van der Waals surface area contributed by atoms with Gasteiger partial charge >= 0.3 is 6.03 Å². The van der Waals surface area contributed by atoms with Gasteiger partial charge in [0, 0.05) is 5.75 Å². The summed E-state index contributed by atoms with van der Waals surface area (Å²) in [6.07, 6.45) is 0. The Labute approximate surface area is 141 Å². The van der Waals surface area contributed by atoms with Crippen molar-refractivity contribution in [3.05, 3.63) is 65.7 Å². The predicted molar refractivity (Wildman–Crippen MR) is 86.5 cm³/mol. The molecule has 2 saturated heterocycles. The van der Waals surface area contributed by atoms with Crippen LogP contribution in [0.25, 0.3) is 0 Å². The van der Waals surface area contributed by atoms with Gasteiger partial charge in [-0.2, -0.15) is 0 Å². The van der Waals surface area contributed by atoms with E-state index in [9.17, 15) is 18.4 Å². The van der Waals surface area contributed by atoms with Crippen molar-refractivity contribution in [3.63, 3.8) is 0 Å². The first-order valence-corrected chi connectivity index (χ1v) is 8.40. The van der Waals surface area contributed by atoms with E-state index in [-0.39, 0.29) is 17.1 Å². The number of benzene rings is 2. The number of hydrogen-bond acceptors (Lipinski definition) is 3. The fourth-order valence-corrected chi connectivity index (χ4v) is 4.42. The molecule has 24 heavy (non-hydrogen) atoms. The van der Waals surface area contributed by atoms with E-state index in [2.05, 4.69) is 0 Å². The molecule has 3 amide bonds. The van der Waals surface area contributed by atoms with Gasteiger partial charge in [0.25, 0.3) is 5.91 Å². The standard InChI is InChI=1S/C17H12F2N2O2S/c18-11-3-1-10(2-4-11)16-21-14(9-24-16)15(22)20(17(21)23)13-7-5-12(19)6-8-13/h1-8,14,16H,9H2/t14-,16+/m1/s1. The molecular weight excluding hydrogens is 334 g/mol. The minimum Gasteiger partial charge on any atom is -0.295 e. The molecular formula is C17H12F2N2O2S. The van der Waals surface area contributed by atoms with Crippen molar-refractivity contribution in [1.29, 1.82) is 0 Å². The predicted octanol–water partition coefficient (Wildman–Crippen LogP) is 3.55. The highest BCUT2D eigenvalue weighted by Crippen LogP contribution is 2.45.